The van der Waals surface area contributed by atoms with Gasteiger partial charge in [-0.2, -0.15) is 5.10 Å². The van der Waals surface area contributed by atoms with Gasteiger partial charge in [0.2, 0.25) is 10.0 Å². The lowest BCUT2D eigenvalue weighted by Crippen LogP contribution is -2.32. The van der Waals surface area contributed by atoms with Crippen molar-refractivity contribution >= 4 is 21.6 Å². The number of hydrazone groups is 1. The molecule has 0 saturated carbocycles. The molecule has 0 bridgehead atoms. The summed E-state index contributed by atoms with van der Waals surface area (Å²) in [5, 5.41) is 6.04. The predicted octanol–water partition coefficient (Wildman–Crippen LogP) is 3.70. The highest BCUT2D eigenvalue weighted by Gasteiger charge is 2.34. The number of sulfonamides is 1. The van der Waals surface area contributed by atoms with Crippen LogP contribution in [0.15, 0.2) is 52.5 Å². The summed E-state index contributed by atoms with van der Waals surface area (Å²) in [4.78, 5) is 13.2. The summed E-state index contributed by atoms with van der Waals surface area (Å²) in [6.45, 7) is 8.43. The van der Waals surface area contributed by atoms with E-state index in [9.17, 15) is 13.2 Å². The van der Waals surface area contributed by atoms with E-state index in [-0.39, 0.29) is 23.3 Å². The second-order valence-electron chi connectivity index (χ2n) is 7.75. The largest absolute Gasteiger partial charge is 0.272 e. The first-order chi connectivity index (χ1) is 14.2. The number of carbonyl (C=O) groups is 1. The molecule has 3 rings (SSSR count). The van der Waals surface area contributed by atoms with Gasteiger partial charge >= 0.3 is 0 Å². The minimum absolute atomic E-state index is 0.0690. The molecule has 7 heteroatoms. The molecule has 0 aliphatic carbocycles. The maximum absolute atomic E-state index is 12.9. The minimum Gasteiger partial charge on any atom is -0.272 e. The van der Waals surface area contributed by atoms with Crippen molar-refractivity contribution in [2.24, 2.45) is 11.0 Å². The average molecular weight is 428 g/mol. The molecule has 30 heavy (non-hydrogen) atoms. The van der Waals surface area contributed by atoms with Crippen LogP contribution in [0.25, 0.3) is 0 Å². The first kappa shape index (κ1) is 22.2. The molecular formula is C23H29N3O3S. The Morgan fingerprint density at radius 2 is 1.77 bits per heavy atom. The fourth-order valence-electron chi connectivity index (χ4n) is 3.57. The first-order valence-corrected chi connectivity index (χ1v) is 11.7. The second kappa shape index (κ2) is 9.10. The Balaban J connectivity index is 1.65. The monoisotopic (exact) mass is 427 g/mol. The van der Waals surface area contributed by atoms with E-state index in [1.54, 1.807) is 18.2 Å². The van der Waals surface area contributed by atoms with Crippen LogP contribution in [0.5, 0.6) is 0 Å². The van der Waals surface area contributed by atoms with Gasteiger partial charge in [-0.05, 0) is 68.0 Å². The van der Waals surface area contributed by atoms with E-state index >= 15 is 0 Å². The summed E-state index contributed by atoms with van der Waals surface area (Å²) in [5.41, 5.74) is 4.95. The summed E-state index contributed by atoms with van der Waals surface area (Å²) >= 11 is 0. The molecular weight excluding hydrogens is 398 g/mol. The van der Waals surface area contributed by atoms with Crippen molar-refractivity contribution in [3.05, 3.63) is 64.7 Å². The fourth-order valence-corrected chi connectivity index (χ4v) is 4.70. The zero-order valence-corrected chi connectivity index (χ0v) is 18.8. The van der Waals surface area contributed by atoms with Crippen molar-refractivity contribution < 1.29 is 13.2 Å². The van der Waals surface area contributed by atoms with Crippen LogP contribution in [0.2, 0.25) is 0 Å². The molecule has 160 valence electrons. The highest BCUT2D eigenvalue weighted by molar-refractivity contribution is 7.89. The van der Waals surface area contributed by atoms with E-state index in [1.807, 2.05) is 52.0 Å². The predicted molar refractivity (Wildman–Crippen MR) is 119 cm³/mol. The van der Waals surface area contributed by atoms with Gasteiger partial charge in [0, 0.05) is 6.54 Å². The van der Waals surface area contributed by atoms with Crippen LogP contribution in [-0.2, 0) is 21.4 Å². The topological polar surface area (TPSA) is 78.8 Å². The Labute approximate surface area is 179 Å². The van der Waals surface area contributed by atoms with E-state index < -0.39 is 10.0 Å². The number of rotatable bonds is 8. The van der Waals surface area contributed by atoms with Crippen molar-refractivity contribution in [2.75, 3.05) is 6.54 Å². The van der Waals surface area contributed by atoms with Crippen LogP contribution in [0.4, 0.5) is 0 Å². The molecule has 0 spiro atoms. The maximum Gasteiger partial charge on any atom is 0.251 e. The first-order valence-electron chi connectivity index (χ1n) is 10.2. The summed E-state index contributed by atoms with van der Waals surface area (Å²) in [6.07, 6.45) is 1.05. The minimum atomic E-state index is -3.62. The Morgan fingerprint density at radius 1 is 1.03 bits per heavy atom. The number of carbonyl (C=O) groups excluding carboxylic acids is 1. The van der Waals surface area contributed by atoms with Gasteiger partial charge in [0.1, 0.15) is 0 Å². The fraction of sp³-hybridized carbons (Fsp3) is 0.391. The Kier molecular flexibility index (Phi) is 6.73. The van der Waals surface area contributed by atoms with Crippen molar-refractivity contribution in [1.82, 2.24) is 9.73 Å². The van der Waals surface area contributed by atoms with Crippen LogP contribution in [0.3, 0.4) is 0 Å². The van der Waals surface area contributed by atoms with Crippen LogP contribution < -0.4 is 4.72 Å². The Morgan fingerprint density at radius 3 is 2.43 bits per heavy atom. The van der Waals surface area contributed by atoms with E-state index in [0.717, 1.165) is 28.0 Å². The number of nitrogens with one attached hydrogen (secondary N) is 1. The Hall–Kier alpha value is -2.51. The average Bonchev–Trinajstić information content (AvgIpc) is 3.00. The van der Waals surface area contributed by atoms with Gasteiger partial charge < -0.3 is 0 Å². The number of aryl methyl sites for hydroxylation is 3. The van der Waals surface area contributed by atoms with Gasteiger partial charge in [-0.15, -0.1) is 0 Å². The summed E-state index contributed by atoms with van der Waals surface area (Å²) in [5.74, 6) is -0.457. The molecule has 0 unspecified atom stereocenters. The number of benzene rings is 2. The standard InChI is InChI=1S/C23H29N3O3S/c1-5-22-21(23(27)26(25-22)15-19-9-7-6-8-17(19)3)12-13-24-30(28,29)20-11-10-16(2)18(4)14-20/h6-11,14,21,24H,5,12-13,15H2,1-4H3/t21-/m1/s1. The molecule has 0 saturated heterocycles. The lowest BCUT2D eigenvalue weighted by Gasteiger charge is -2.16. The van der Waals surface area contributed by atoms with Gasteiger partial charge in [-0.1, -0.05) is 37.3 Å². The third-order valence-corrected chi connectivity index (χ3v) is 7.12. The normalized spacial score (nSPS) is 16.8. The van der Waals surface area contributed by atoms with E-state index in [0.29, 0.717) is 19.4 Å². The molecule has 0 fully saturated rings. The van der Waals surface area contributed by atoms with Gasteiger partial charge in [0.05, 0.1) is 23.1 Å². The van der Waals surface area contributed by atoms with Crippen molar-refractivity contribution in [2.45, 2.75) is 52.0 Å². The van der Waals surface area contributed by atoms with Gasteiger partial charge in [0.25, 0.3) is 5.91 Å². The quantitative estimate of drug-likeness (QED) is 0.698. The SMILES string of the molecule is CCC1=NN(Cc2ccccc2C)C(=O)[C@@H]1CCNS(=O)(=O)c1ccc(C)c(C)c1. The third-order valence-electron chi connectivity index (χ3n) is 5.66. The number of hydrogen-bond donors (Lipinski definition) is 1. The van der Waals surface area contributed by atoms with Gasteiger partial charge in [-0.25, -0.2) is 18.1 Å². The van der Waals surface area contributed by atoms with Crippen molar-refractivity contribution in [3.8, 4) is 0 Å². The van der Waals surface area contributed by atoms with Crippen LogP contribution in [0.1, 0.15) is 42.0 Å². The van der Waals surface area contributed by atoms with E-state index in [4.69, 9.17) is 0 Å². The molecule has 1 atom stereocenters. The molecule has 1 aliphatic rings. The number of nitrogens with zero attached hydrogens (tertiary/aromatic N) is 2. The number of hydrogen-bond acceptors (Lipinski definition) is 4. The summed E-state index contributed by atoms with van der Waals surface area (Å²) in [6, 6.07) is 13.0. The highest BCUT2D eigenvalue weighted by Crippen LogP contribution is 2.24. The molecule has 1 aliphatic heterocycles. The zero-order valence-electron chi connectivity index (χ0n) is 18.0. The summed E-state index contributed by atoms with van der Waals surface area (Å²) < 4.78 is 27.9. The highest BCUT2D eigenvalue weighted by atomic mass is 32.2. The van der Waals surface area contributed by atoms with Crippen LogP contribution >= 0.6 is 0 Å². The molecule has 2 aromatic rings. The second-order valence-corrected chi connectivity index (χ2v) is 9.52. The molecule has 0 aromatic heterocycles. The summed E-state index contributed by atoms with van der Waals surface area (Å²) in [7, 11) is -3.62. The molecule has 2 aromatic carbocycles. The molecule has 6 nitrogen and oxygen atoms in total. The maximum atomic E-state index is 12.9. The van der Waals surface area contributed by atoms with Gasteiger partial charge in [-0.3, -0.25) is 4.79 Å². The Bertz CT molecular complexity index is 1080. The number of amides is 1. The lowest BCUT2D eigenvalue weighted by atomic mass is 9.97. The van der Waals surface area contributed by atoms with Crippen LogP contribution in [0, 0.1) is 26.7 Å². The van der Waals surface area contributed by atoms with Crippen LogP contribution in [-0.4, -0.2) is 31.6 Å². The lowest BCUT2D eigenvalue weighted by molar-refractivity contribution is -0.132. The molecule has 1 heterocycles. The molecule has 1 N–H and O–H groups in total. The van der Waals surface area contributed by atoms with Crippen molar-refractivity contribution in [3.63, 3.8) is 0 Å². The molecule has 0 radical (unpaired) electrons. The van der Waals surface area contributed by atoms with E-state index in [1.165, 1.54) is 5.01 Å². The zero-order chi connectivity index (χ0) is 21.9. The van der Waals surface area contributed by atoms with Gasteiger partial charge in [0.15, 0.2) is 0 Å². The third kappa shape index (κ3) is 4.79. The van der Waals surface area contributed by atoms with E-state index in [2.05, 4.69) is 9.82 Å². The smallest absolute Gasteiger partial charge is 0.251 e. The molecule has 1 amide bonds. The van der Waals surface area contributed by atoms with Crippen molar-refractivity contribution in [1.29, 1.82) is 0 Å².